The Kier molecular flexibility index (Phi) is 4.59. The van der Waals surface area contributed by atoms with Gasteiger partial charge in [-0.1, -0.05) is 24.3 Å². The third-order valence-corrected chi connectivity index (χ3v) is 3.81. The van der Waals surface area contributed by atoms with E-state index in [-0.39, 0.29) is 4.90 Å². The van der Waals surface area contributed by atoms with Gasteiger partial charge in [-0.2, -0.15) is 0 Å². The maximum absolute atomic E-state index is 11.6. The van der Waals surface area contributed by atoms with Gasteiger partial charge in [-0.25, -0.2) is 13.6 Å². The second kappa shape index (κ2) is 6.21. The van der Waals surface area contributed by atoms with Gasteiger partial charge in [0.05, 0.1) is 11.5 Å². The number of rotatable bonds is 6. The molecule has 0 amide bonds. The maximum Gasteiger partial charge on any atom is 0.238 e. The molecule has 20 heavy (non-hydrogen) atoms. The smallest absolute Gasteiger partial charge is 0.238 e. The third kappa shape index (κ3) is 3.27. The van der Waals surface area contributed by atoms with Crippen LogP contribution in [0.4, 0.5) is 0 Å². The van der Waals surface area contributed by atoms with Crippen molar-refractivity contribution in [3.63, 3.8) is 0 Å². The van der Waals surface area contributed by atoms with Crippen molar-refractivity contribution in [2.24, 2.45) is 5.14 Å². The van der Waals surface area contributed by atoms with Crippen LogP contribution in [0.1, 0.15) is 6.92 Å². The Hall–Kier alpha value is -1.63. The highest BCUT2D eigenvalue weighted by atomic mass is 32.2. The average Bonchev–Trinajstić information content (AvgIpc) is 2.42. The number of nitrogens with two attached hydrogens (primary N) is 1. The van der Waals surface area contributed by atoms with Crippen LogP contribution in [-0.4, -0.2) is 28.2 Å². The van der Waals surface area contributed by atoms with E-state index in [9.17, 15) is 8.42 Å². The summed E-state index contributed by atoms with van der Waals surface area (Å²) in [4.78, 5) is 0.102. The molecule has 5 nitrogen and oxygen atoms in total. The van der Waals surface area contributed by atoms with Gasteiger partial charge in [0.2, 0.25) is 10.0 Å². The highest BCUT2D eigenvalue weighted by Gasteiger charge is 2.14. The molecule has 108 valence electrons. The van der Waals surface area contributed by atoms with Gasteiger partial charge in [-0.3, -0.25) is 0 Å². The predicted molar refractivity (Wildman–Crippen MR) is 77.3 cm³/mol. The maximum atomic E-state index is 11.6. The van der Waals surface area contributed by atoms with E-state index in [0.29, 0.717) is 31.0 Å². The first-order valence-electron chi connectivity index (χ1n) is 6.29. The largest absolute Gasteiger partial charge is 0.491 e. The number of hydrogen-bond acceptors (Lipinski definition) is 4. The molecule has 0 spiro atoms. The van der Waals surface area contributed by atoms with Gasteiger partial charge >= 0.3 is 0 Å². The van der Waals surface area contributed by atoms with Crippen LogP contribution in [0.3, 0.4) is 0 Å². The summed E-state index contributed by atoms with van der Waals surface area (Å²) in [5.41, 5.74) is 0. The van der Waals surface area contributed by atoms with Gasteiger partial charge < -0.3 is 9.47 Å². The Morgan fingerprint density at radius 3 is 2.40 bits per heavy atom. The zero-order valence-electron chi connectivity index (χ0n) is 11.2. The van der Waals surface area contributed by atoms with E-state index in [1.807, 2.05) is 13.0 Å². The van der Waals surface area contributed by atoms with Gasteiger partial charge in [0.25, 0.3) is 0 Å². The minimum Gasteiger partial charge on any atom is -0.491 e. The first kappa shape index (κ1) is 14.8. The number of primary sulfonamides is 1. The Balaban J connectivity index is 2.39. The van der Waals surface area contributed by atoms with E-state index in [1.165, 1.54) is 6.07 Å². The van der Waals surface area contributed by atoms with Crippen LogP contribution in [0.15, 0.2) is 41.3 Å². The Morgan fingerprint density at radius 2 is 1.75 bits per heavy atom. The molecule has 0 saturated heterocycles. The summed E-state index contributed by atoms with van der Waals surface area (Å²) in [5, 5.41) is 6.50. The first-order valence-corrected chi connectivity index (χ1v) is 7.83. The average molecular weight is 295 g/mol. The molecule has 0 radical (unpaired) electrons. The molecule has 2 aromatic carbocycles. The molecular formula is C14H17NO4S. The second-order valence-electron chi connectivity index (χ2n) is 4.20. The molecule has 0 aromatic heterocycles. The summed E-state index contributed by atoms with van der Waals surface area (Å²) in [6.45, 7) is 3.44. The zero-order chi connectivity index (χ0) is 14.6. The van der Waals surface area contributed by atoms with Crippen molar-refractivity contribution in [2.45, 2.75) is 11.8 Å². The summed E-state index contributed by atoms with van der Waals surface area (Å²) < 4.78 is 34.0. The van der Waals surface area contributed by atoms with Crippen molar-refractivity contribution in [3.05, 3.63) is 36.4 Å². The Bertz CT molecular complexity index is 697. The lowest BCUT2D eigenvalue weighted by Crippen LogP contribution is -2.13. The molecule has 0 atom stereocenters. The van der Waals surface area contributed by atoms with Gasteiger partial charge in [0.1, 0.15) is 12.4 Å². The molecule has 0 unspecified atom stereocenters. The number of sulfonamides is 1. The van der Waals surface area contributed by atoms with Crippen molar-refractivity contribution in [1.29, 1.82) is 0 Å². The fraction of sp³-hybridized carbons (Fsp3) is 0.286. The minimum absolute atomic E-state index is 0.102. The van der Waals surface area contributed by atoms with Crippen molar-refractivity contribution < 1.29 is 17.9 Å². The van der Waals surface area contributed by atoms with Gasteiger partial charge in [-0.05, 0) is 19.1 Å². The topological polar surface area (TPSA) is 78.6 Å². The molecule has 0 aliphatic heterocycles. The van der Waals surface area contributed by atoms with Crippen LogP contribution < -0.4 is 9.88 Å². The molecule has 2 rings (SSSR count). The zero-order valence-corrected chi connectivity index (χ0v) is 12.0. The summed E-state index contributed by atoms with van der Waals surface area (Å²) in [6, 6.07) is 10.2. The summed E-state index contributed by atoms with van der Waals surface area (Å²) in [6.07, 6.45) is 0. The number of fused-ring (bicyclic) bond motifs is 1. The van der Waals surface area contributed by atoms with E-state index in [0.717, 1.165) is 5.39 Å². The fourth-order valence-corrected chi connectivity index (χ4v) is 2.71. The lowest BCUT2D eigenvalue weighted by atomic mass is 10.1. The number of benzene rings is 2. The quantitative estimate of drug-likeness (QED) is 0.826. The third-order valence-electron chi connectivity index (χ3n) is 2.84. The molecule has 2 N–H and O–H groups in total. The van der Waals surface area contributed by atoms with E-state index in [2.05, 4.69) is 0 Å². The summed E-state index contributed by atoms with van der Waals surface area (Å²) in [7, 11) is -3.76. The van der Waals surface area contributed by atoms with Crippen molar-refractivity contribution >= 4 is 20.8 Å². The molecule has 0 fully saturated rings. The van der Waals surface area contributed by atoms with Crippen LogP contribution in [0.5, 0.6) is 5.75 Å². The summed E-state index contributed by atoms with van der Waals surface area (Å²) >= 11 is 0. The lowest BCUT2D eigenvalue weighted by Gasteiger charge is -2.11. The molecule has 0 aliphatic rings. The molecule has 0 heterocycles. The highest BCUT2D eigenvalue weighted by molar-refractivity contribution is 7.89. The second-order valence-corrected chi connectivity index (χ2v) is 5.73. The number of hydrogen-bond donors (Lipinski definition) is 1. The molecule has 0 bridgehead atoms. The standard InChI is InChI=1S/C14H17NO4S/c1-2-18-9-10-19-13-7-8-14(20(15,16)17)12-6-4-3-5-11(12)13/h3-8H,2,9-10H2,1H3,(H2,15,16,17). The fourth-order valence-electron chi connectivity index (χ4n) is 1.97. The van der Waals surface area contributed by atoms with Gasteiger partial charge in [-0.15, -0.1) is 0 Å². The van der Waals surface area contributed by atoms with E-state index < -0.39 is 10.0 Å². The molecule has 6 heteroatoms. The van der Waals surface area contributed by atoms with Crippen molar-refractivity contribution in [1.82, 2.24) is 0 Å². The minimum atomic E-state index is -3.76. The number of ether oxygens (including phenoxy) is 2. The normalized spacial score (nSPS) is 11.7. The van der Waals surface area contributed by atoms with Crippen LogP contribution in [0, 0.1) is 0 Å². The van der Waals surface area contributed by atoms with E-state index >= 15 is 0 Å². The lowest BCUT2D eigenvalue weighted by molar-refractivity contribution is 0.111. The van der Waals surface area contributed by atoms with Crippen LogP contribution in [-0.2, 0) is 14.8 Å². The van der Waals surface area contributed by atoms with Crippen LogP contribution >= 0.6 is 0 Å². The van der Waals surface area contributed by atoms with Crippen LogP contribution in [0.2, 0.25) is 0 Å². The SMILES string of the molecule is CCOCCOc1ccc(S(N)(=O)=O)c2ccccc12. The summed E-state index contributed by atoms with van der Waals surface area (Å²) in [5.74, 6) is 0.618. The van der Waals surface area contributed by atoms with Crippen molar-refractivity contribution in [3.8, 4) is 5.75 Å². The Labute approximate surface area is 118 Å². The van der Waals surface area contributed by atoms with E-state index in [1.54, 1.807) is 24.3 Å². The van der Waals surface area contributed by atoms with Gasteiger partial charge in [0, 0.05) is 17.4 Å². The van der Waals surface area contributed by atoms with Crippen LogP contribution in [0.25, 0.3) is 10.8 Å². The van der Waals surface area contributed by atoms with E-state index in [4.69, 9.17) is 14.6 Å². The van der Waals surface area contributed by atoms with Gasteiger partial charge in [0.15, 0.2) is 0 Å². The highest BCUT2D eigenvalue weighted by Crippen LogP contribution is 2.30. The molecular weight excluding hydrogens is 278 g/mol. The predicted octanol–water partition coefficient (Wildman–Crippen LogP) is 1.90. The molecule has 0 aliphatic carbocycles. The first-order chi connectivity index (χ1) is 9.54. The Morgan fingerprint density at radius 1 is 1.05 bits per heavy atom. The van der Waals surface area contributed by atoms with Crippen molar-refractivity contribution in [2.75, 3.05) is 19.8 Å². The monoisotopic (exact) mass is 295 g/mol. The molecule has 0 saturated carbocycles. The molecule has 2 aromatic rings.